The van der Waals surface area contributed by atoms with Gasteiger partial charge in [-0.2, -0.15) is 5.26 Å². The molecular formula is C21H15FN2O. The average Bonchev–Trinajstić information content (AvgIpc) is 3.46. The quantitative estimate of drug-likeness (QED) is 0.736. The van der Waals surface area contributed by atoms with Gasteiger partial charge in [0, 0.05) is 11.1 Å². The summed E-state index contributed by atoms with van der Waals surface area (Å²) in [7, 11) is 0. The number of rotatable bonds is 3. The Balaban J connectivity index is 1.73. The molecule has 4 heteroatoms. The molecule has 3 nitrogen and oxygen atoms in total. The maximum atomic E-state index is 13.3. The van der Waals surface area contributed by atoms with Crippen molar-refractivity contribution in [3.05, 3.63) is 77.1 Å². The molecule has 0 unspecified atom stereocenters. The lowest BCUT2D eigenvalue weighted by Gasteiger charge is -2.12. The number of amides is 1. The van der Waals surface area contributed by atoms with E-state index in [0.717, 1.165) is 16.8 Å². The maximum absolute atomic E-state index is 13.3. The Morgan fingerprint density at radius 1 is 1.08 bits per heavy atom. The lowest BCUT2D eigenvalue weighted by atomic mass is 9.99. The molecule has 3 aromatic carbocycles. The summed E-state index contributed by atoms with van der Waals surface area (Å²) >= 11 is 0. The van der Waals surface area contributed by atoms with Crippen molar-refractivity contribution in [3.8, 4) is 6.07 Å². The van der Waals surface area contributed by atoms with Crippen LogP contribution in [0.25, 0.3) is 10.8 Å². The highest BCUT2D eigenvalue weighted by atomic mass is 19.1. The van der Waals surface area contributed by atoms with Crippen LogP contribution in [0, 0.1) is 17.1 Å². The number of carbonyl (C=O) groups excluding carboxylic acids is 1. The predicted molar refractivity (Wildman–Crippen MR) is 95.0 cm³/mol. The van der Waals surface area contributed by atoms with Crippen molar-refractivity contribution in [2.45, 2.75) is 18.8 Å². The number of halogens is 1. The zero-order valence-corrected chi connectivity index (χ0v) is 13.4. The molecule has 0 heterocycles. The van der Waals surface area contributed by atoms with Gasteiger partial charge in [0.15, 0.2) is 0 Å². The van der Waals surface area contributed by atoms with Gasteiger partial charge in [0.25, 0.3) is 5.91 Å². The number of nitrogens with one attached hydrogen (secondary N) is 1. The summed E-state index contributed by atoms with van der Waals surface area (Å²) < 4.78 is 13.3. The first-order valence-electron chi connectivity index (χ1n) is 8.20. The van der Waals surface area contributed by atoms with Crippen LogP contribution in [-0.4, -0.2) is 5.91 Å². The van der Waals surface area contributed by atoms with E-state index in [4.69, 9.17) is 5.26 Å². The number of hydrogen-bond donors (Lipinski definition) is 1. The molecule has 1 aliphatic rings. The summed E-state index contributed by atoms with van der Waals surface area (Å²) in [6.45, 7) is 0. The summed E-state index contributed by atoms with van der Waals surface area (Å²) in [5.41, 5.74) is 2.20. The molecule has 1 N–H and O–H groups in total. The average molecular weight is 330 g/mol. The van der Waals surface area contributed by atoms with Gasteiger partial charge in [0.05, 0.1) is 11.1 Å². The molecule has 0 spiro atoms. The van der Waals surface area contributed by atoms with Crippen LogP contribution >= 0.6 is 0 Å². The minimum absolute atomic E-state index is 0.0245. The van der Waals surface area contributed by atoms with Crippen LogP contribution in [0.4, 0.5) is 10.1 Å². The maximum Gasteiger partial charge on any atom is 0.257 e. The van der Waals surface area contributed by atoms with Gasteiger partial charge in [-0.15, -0.1) is 0 Å². The van der Waals surface area contributed by atoms with E-state index >= 15 is 0 Å². The van der Waals surface area contributed by atoms with Crippen LogP contribution in [-0.2, 0) is 0 Å². The van der Waals surface area contributed by atoms with E-state index in [-0.39, 0.29) is 11.1 Å². The van der Waals surface area contributed by atoms with Crippen molar-refractivity contribution in [2.75, 3.05) is 5.32 Å². The van der Waals surface area contributed by atoms with Gasteiger partial charge in [-0.3, -0.25) is 4.79 Å². The predicted octanol–water partition coefficient (Wildman–Crippen LogP) is 4.98. The minimum Gasteiger partial charge on any atom is -0.321 e. The highest BCUT2D eigenvalue weighted by molar-refractivity contribution is 6.10. The minimum atomic E-state index is -0.535. The van der Waals surface area contributed by atoms with E-state index in [9.17, 15) is 9.18 Å². The smallest absolute Gasteiger partial charge is 0.257 e. The van der Waals surface area contributed by atoms with E-state index in [1.165, 1.54) is 30.5 Å². The molecule has 25 heavy (non-hydrogen) atoms. The molecule has 0 bridgehead atoms. The molecule has 3 aromatic rings. The number of fused-ring (bicyclic) bond motifs is 1. The Labute approximate surface area is 144 Å². The van der Waals surface area contributed by atoms with Crippen molar-refractivity contribution in [3.63, 3.8) is 0 Å². The van der Waals surface area contributed by atoms with E-state index in [1.54, 1.807) is 0 Å². The normalized spacial score (nSPS) is 13.4. The molecular weight excluding hydrogens is 315 g/mol. The molecule has 1 aliphatic carbocycles. The number of anilines is 1. The summed E-state index contributed by atoms with van der Waals surface area (Å²) in [6.07, 6.45) is 2.41. The van der Waals surface area contributed by atoms with E-state index < -0.39 is 11.7 Å². The first-order valence-corrected chi connectivity index (χ1v) is 8.20. The monoisotopic (exact) mass is 330 g/mol. The van der Waals surface area contributed by atoms with Gasteiger partial charge >= 0.3 is 0 Å². The van der Waals surface area contributed by atoms with Crippen molar-refractivity contribution >= 4 is 22.4 Å². The van der Waals surface area contributed by atoms with Crippen molar-refractivity contribution in [2.24, 2.45) is 0 Å². The largest absolute Gasteiger partial charge is 0.321 e. The van der Waals surface area contributed by atoms with Crippen LogP contribution < -0.4 is 5.32 Å². The molecule has 0 aromatic heterocycles. The van der Waals surface area contributed by atoms with Gasteiger partial charge in [0.1, 0.15) is 11.9 Å². The molecule has 1 saturated carbocycles. The molecule has 1 fully saturated rings. The van der Waals surface area contributed by atoms with Crippen LogP contribution in [0.2, 0.25) is 0 Å². The summed E-state index contributed by atoms with van der Waals surface area (Å²) in [4.78, 5) is 12.6. The van der Waals surface area contributed by atoms with Gasteiger partial charge in [0.2, 0.25) is 0 Å². The van der Waals surface area contributed by atoms with Gasteiger partial charge in [-0.05, 0) is 54.0 Å². The van der Waals surface area contributed by atoms with E-state index in [0.29, 0.717) is 11.6 Å². The molecule has 0 aliphatic heterocycles. The third-order valence-electron chi connectivity index (χ3n) is 4.57. The summed E-state index contributed by atoms with van der Waals surface area (Å²) in [5.74, 6) is -0.342. The first kappa shape index (κ1) is 15.3. The van der Waals surface area contributed by atoms with Crippen LogP contribution in [0.5, 0.6) is 0 Å². The van der Waals surface area contributed by atoms with E-state index in [1.807, 2.05) is 30.3 Å². The van der Waals surface area contributed by atoms with Crippen LogP contribution in [0.3, 0.4) is 0 Å². The van der Waals surface area contributed by atoms with Crippen molar-refractivity contribution < 1.29 is 9.18 Å². The summed E-state index contributed by atoms with van der Waals surface area (Å²) in [5, 5.41) is 14.1. The van der Waals surface area contributed by atoms with E-state index in [2.05, 4.69) is 17.4 Å². The molecule has 0 atom stereocenters. The third kappa shape index (κ3) is 2.85. The Morgan fingerprint density at radius 3 is 2.60 bits per heavy atom. The summed E-state index contributed by atoms with van der Waals surface area (Å²) in [6, 6.07) is 17.4. The first-order chi connectivity index (χ1) is 12.2. The SMILES string of the molecule is N#Cc1cc(F)ccc1C(=O)Nc1cccc2c(C3CC3)cccc12. The Kier molecular flexibility index (Phi) is 3.70. The fraction of sp³-hybridized carbons (Fsp3) is 0.143. The molecule has 1 amide bonds. The number of nitrogens with zero attached hydrogens (tertiary/aromatic N) is 1. The number of benzene rings is 3. The lowest BCUT2D eigenvalue weighted by Crippen LogP contribution is -2.14. The number of hydrogen-bond acceptors (Lipinski definition) is 2. The highest BCUT2D eigenvalue weighted by Crippen LogP contribution is 2.43. The van der Waals surface area contributed by atoms with Gasteiger partial charge in [-0.25, -0.2) is 4.39 Å². The highest BCUT2D eigenvalue weighted by Gasteiger charge is 2.25. The fourth-order valence-electron chi connectivity index (χ4n) is 3.19. The molecule has 122 valence electrons. The van der Waals surface area contributed by atoms with Crippen molar-refractivity contribution in [1.29, 1.82) is 5.26 Å². The second kappa shape index (κ2) is 6.03. The molecule has 4 rings (SSSR count). The lowest BCUT2D eigenvalue weighted by molar-refractivity contribution is 0.102. The van der Waals surface area contributed by atoms with Gasteiger partial charge in [-0.1, -0.05) is 30.3 Å². The topological polar surface area (TPSA) is 52.9 Å². The van der Waals surface area contributed by atoms with Gasteiger partial charge < -0.3 is 5.32 Å². The second-order valence-electron chi connectivity index (χ2n) is 6.28. The molecule has 0 saturated heterocycles. The fourth-order valence-corrected chi connectivity index (χ4v) is 3.19. The zero-order valence-electron chi connectivity index (χ0n) is 13.4. The Hall–Kier alpha value is -3.19. The van der Waals surface area contributed by atoms with Crippen molar-refractivity contribution in [1.82, 2.24) is 0 Å². The zero-order chi connectivity index (χ0) is 17.4. The molecule has 0 radical (unpaired) electrons. The Morgan fingerprint density at radius 2 is 1.84 bits per heavy atom. The van der Waals surface area contributed by atoms with Crippen LogP contribution in [0.15, 0.2) is 54.6 Å². The van der Waals surface area contributed by atoms with Crippen LogP contribution in [0.1, 0.15) is 40.2 Å². The number of carbonyl (C=O) groups is 1. The second-order valence-corrected chi connectivity index (χ2v) is 6.28. The Bertz CT molecular complexity index is 1030. The third-order valence-corrected chi connectivity index (χ3v) is 4.57. The number of nitriles is 1. The standard InChI is InChI=1S/C21H15FN2O/c22-15-9-10-17(14(11-15)12-23)21(25)24-20-6-2-4-18-16(13-7-8-13)3-1-5-19(18)20/h1-6,9-11,13H,7-8H2,(H,24,25).